The zero-order chi connectivity index (χ0) is 13.6. The number of rotatable bonds is 11. The molecular weight excluding hydrogens is 226 g/mol. The highest BCUT2D eigenvalue weighted by molar-refractivity contribution is 5.66. The van der Waals surface area contributed by atoms with Crippen molar-refractivity contribution in [1.29, 1.82) is 0 Å². The molecule has 3 nitrogen and oxygen atoms in total. The van der Waals surface area contributed by atoms with Crippen LogP contribution in [0.5, 0.6) is 0 Å². The molecule has 1 amide bonds. The van der Waals surface area contributed by atoms with Gasteiger partial charge in [-0.2, -0.15) is 0 Å². The second kappa shape index (κ2) is 12.7. The molecule has 0 heterocycles. The minimum Gasteiger partial charge on any atom is -0.449 e. The summed E-state index contributed by atoms with van der Waals surface area (Å²) in [6.07, 6.45) is 10.0. The third-order valence-electron chi connectivity index (χ3n) is 2.85. The first-order valence-electron chi connectivity index (χ1n) is 7.57. The Morgan fingerprint density at radius 1 is 1.00 bits per heavy atom. The van der Waals surface area contributed by atoms with E-state index in [1.54, 1.807) is 0 Å². The van der Waals surface area contributed by atoms with E-state index in [0.717, 1.165) is 13.0 Å². The molecule has 18 heavy (non-hydrogen) atoms. The number of hydrogen-bond acceptors (Lipinski definition) is 2. The van der Waals surface area contributed by atoms with Crippen LogP contribution in [0.25, 0.3) is 0 Å². The van der Waals surface area contributed by atoms with E-state index in [9.17, 15) is 4.79 Å². The largest absolute Gasteiger partial charge is 0.449 e. The smallest absolute Gasteiger partial charge is 0.407 e. The molecule has 0 aromatic rings. The van der Waals surface area contributed by atoms with Gasteiger partial charge in [-0.25, -0.2) is 4.79 Å². The Morgan fingerprint density at radius 2 is 1.56 bits per heavy atom. The van der Waals surface area contributed by atoms with Crippen LogP contribution in [0, 0.1) is 5.92 Å². The van der Waals surface area contributed by atoms with Gasteiger partial charge in [0, 0.05) is 6.54 Å². The topological polar surface area (TPSA) is 38.3 Å². The molecule has 0 aliphatic heterocycles. The normalized spacial score (nSPS) is 10.7. The van der Waals surface area contributed by atoms with Gasteiger partial charge in [0.1, 0.15) is 0 Å². The van der Waals surface area contributed by atoms with E-state index >= 15 is 0 Å². The number of hydrogen-bond donors (Lipinski definition) is 1. The molecule has 0 bridgehead atoms. The average molecular weight is 257 g/mol. The first-order chi connectivity index (χ1) is 8.66. The van der Waals surface area contributed by atoms with Gasteiger partial charge in [0.2, 0.25) is 0 Å². The van der Waals surface area contributed by atoms with Crippen LogP contribution in [0.1, 0.15) is 72.1 Å². The molecule has 0 spiro atoms. The maximum absolute atomic E-state index is 11.2. The fourth-order valence-electron chi connectivity index (χ4n) is 1.74. The molecule has 0 radical (unpaired) electrons. The Morgan fingerprint density at radius 3 is 2.11 bits per heavy atom. The lowest BCUT2D eigenvalue weighted by Crippen LogP contribution is -2.26. The number of carbonyl (C=O) groups is 1. The van der Waals surface area contributed by atoms with Gasteiger partial charge in [0.15, 0.2) is 0 Å². The van der Waals surface area contributed by atoms with Crippen molar-refractivity contribution in [2.45, 2.75) is 72.1 Å². The molecule has 1 N–H and O–H groups in total. The monoisotopic (exact) mass is 257 g/mol. The summed E-state index contributed by atoms with van der Waals surface area (Å²) in [4.78, 5) is 11.2. The van der Waals surface area contributed by atoms with Gasteiger partial charge >= 0.3 is 6.09 Å². The second-order valence-electron chi connectivity index (χ2n) is 5.39. The predicted molar refractivity (Wildman–Crippen MR) is 76.8 cm³/mol. The number of unbranched alkanes of at least 4 members (excludes halogenated alkanes) is 7. The summed E-state index contributed by atoms with van der Waals surface area (Å²) in [5.41, 5.74) is 0. The number of carbonyl (C=O) groups excluding carboxylic acids is 1. The Labute approximate surface area is 113 Å². The lowest BCUT2D eigenvalue weighted by molar-refractivity contribution is 0.133. The molecular formula is C15H31NO2. The first kappa shape index (κ1) is 17.3. The first-order valence-corrected chi connectivity index (χ1v) is 7.57. The molecule has 0 aliphatic rings. The van der Waals surface area contributed by atoms with Gasteiger partial charge in [-0.15, -0.1) is 0 Å². The van der Waals surface area contributed by atoms with Gasteiger partial charge < -0.3 is 10.1 Å². The van der Waals surface area contributed by atoms with Crippen molar-refractivity contribution in [2.24, 2.45) is 5.92 Å². The van der Waals surface area contributed by atoms with Crippen LogP contribution in [0.2, 0.25) is 0 Å². The van der Waals surface area contributed by atoms with Crippen molar-refractivity contribution in [2.75, 3.05) is 13.2 Å². The second-order valence-corrected chi connectivity index (χ2v) is 5.39. The number of alkyl carbamates (subject to hydrolysis) is 1. The zero-order valence-corrected chi connectivity index (χ0v) is 12.5. The van der Waals surface area contributed by atoms with Gasteiger partial charge in [-0.05, 0) is 12.3 Å². The SMILES string of the molecule is CCCCCCCCCCNC(=O)OCC(C)C. The molecule has 0 saturated carbocycles. The summed E-state index contributed by atoms with van der Waals surface area (Å²) in [5, 5.41) is 2.79. The lowest BCUT2D eigenvalue weighted by Gasteiger charge is -2.08. The molecule has 0 rings (SSSR count). The zero-order valence-electron chi connectivity index (χ0n) is 12.5. The van der Waals surface area contributed by atoms with Gasteiger partial charge in [0.05, 0.1) is 6.61 Å². The van der Waals surface area contributed by atoms with Crippen molar-refractivity contribution < 1.29 is 9.53 Å². The standard InChI is InChI=1S/C15H31NO2/c1-4-5-6-7-8-9-10-11-12-16-15(17)18-13-14(2)3/h14H,4-13H2,1-3H3,(H,16,17). The summed E-state index contributed by atoms with van der Waals surface area (Å²) in [7, 11) is 0. The van der Waals surface area contributed by atoms with Gasteiger partial charge in [-0.3, -0.25) is 0 Å². The van der Waals surface area contributed by atoms with Gasteiger partial charge in [0.25, 0.3) is 0 Å². The average Bonchev–Trinajstić information content (AvgIpc) is 2.34. The number of ether oxygens (including phenoxy) is 1. The van der Waals surface area contributed by atoms with E-state index < -0.39 is 0 Å². The van der Waals surface area contributed by atoms with Crippen LogP contribution in [0.15, 0.2) is 0 Å². The van der Waals surface area contributed by atoms with Crippen LogP contribution in [0.4, 0.5) is 4.79 Å². The molecule has 0 atom stereocenters. The van der Waals surface area contributed by atoms with Crippen molar-refractivity contribution in [3.63, 3.8) is 0 Å². The van der Waals surface area contributed by atoms with E-state index in [2.05, 4.69) is 12.2 Å². The van der Waals surface area contributed by atoms with Crippen LogP contribution in [0.3, 0.4) is 0 Å². The molecule has 3 heteroatoms. The maximum atomic E-state index is 11.2. The minimum atomic E-state index is -0.272. The fourth-order valence-corrected chi connectivity index (χ4v) is 1.74. The molecule has 0 aromatic carbocycles. The summed E-state index contributed by atoms with van der Waals surface area (Å²) in [5.74, 6) is 0.402. The highest BCUT2D eigenvalue weighted by Gasteiger charge is 2.02. The Bertz CT molecular complexity index is 193. The lowest BCUT2D eigenvalue weighted by atomic mass is 10.1. The molecule has 0 saturated heterocycles. The molecule has 0 aliphatic carbocycles. The van der Waals surface area contributed by atoms with Crippen molar-refractivity contribution >= 4 is 6.09 Å². The van der Waals surface area contributed by atoms with Crippen molar-refractivity contribution in [3.8, 4) is 0 Å². The Balaban J connectivity index is 3.12. The summed E-state index contributed by atoms with van der Waals surface area (Å²) < 4.78 is 5.03. The van der Waals surface area contributed by atoms with Crippen LogP contribution >= 0.6 is 0 Å². The van der Waals surface area contributed by atoms with E-state index in [1.165, 1.54) is 44.9 Å². The van der Waals surface area contributed by atoms with Crippen molar-refractivity contribution in [1.82, 2.24) is 5.32 Å². The molecule has 108 valence electrons. The summed E-state index contributed by atoms with van der Waals surface area (Å²) in [6.45, 7) is 7.55. The Kier molecular flexibility index (Phi) is 12.2. The van der Waals surface area contributed by atoms with Crippen LogP contribution in [-0.2, 0) is 4.74 Å². The quantitative estimate of drug-likeness (QED) is 0.553. The molecule has 0 aromatic heterocycles. The molecule has 0 unspecified atom stereocenters. The van der Waals surface area contributed by atoms with E-state index in [-0.39, 0.29) is 6.09 Å². The van der Waals surface area contributed by atoms with Crippen LogP contribution in [-0.4, -0.2) is 19.2 Å². The Hall–Kier alpha value is -0.730. The van der Waals surface area contributed by atoms with Gasteiger partial charge in [-0.1, -0.05) is 65.7 Å². The molecule has 0 fully saturated rings. The summed E-state index contributed by atoms with van der Waals surface area (Å²) >= 11 is 0. The number of nitrogens with one attached hydrogen (secondary N) is 1. The third kappa shape index (κ3) is 13.3. The summed E-state index contributed by atoms with van der Waals surface area (Å²) in [6, 6.07) is 0. The van der Waals surface area contributed by atoms with Crippen LogP contribution < -0.4 is 5.32 Å². The van der Waals surface area contributed by atoms with Crippen molar-refractivity contribution in [3.05, 3.63) is 0 Å². The van der Waals surface area contributed by atoms with E-state index in [0.29, 0.717) is 12.5 Å². The van der Waals surface area contributed by atoms with E-state index in [4.69, 9.17) is 4.74 Å². The highest BCUT2D eigenvalue weighted by atomic mass is 16.5. The van der Waals surface area contributed by atoms with E-state index in [1.807, 2.05) is 13.8 Å². The maximum Gasteiger partial charge on any atom is 0.407 e. The third-order valence-corrected chi connectivity index (χ3v) is 2.85. The fraction of sp³-hybridized carbons (Fsp3) is 0.933. The minimum absolute atomic E-state index is 0.272. The predicted octanol–water partition coefficient (Wildman–Crippen LogP) is 4.51. The number of amides is 1. The highest BCUT2D eigenvalue weighted by Crippen LogP contribution is 2.07.